The third-order valence-electron chi connectivity index (χ3n) is 4.23. The molecular weight excluding hydrogens is 322 g/mol. The van der Waals surface area contributed by atoms with Crippen molar-refractivity contribution in [1.82, 2.24) is 0 Å². The van der Waals surface area contributed by atoms with E-state index in [1.165, 1.54) is 0 Å². The lowest BCUT2D eigenvalue weighted by molar-refractivity contribution is 0.851. The van der Waals surface area contributed by atoms with Crippen LogP contribution in [0, 0.1) is 0 Å². The quantitative estimate of drug-likeness (QED) is 0.574. The number of alkyl halides is 4. The summed E-state index contributed by atoms with van der Waals surface area (Å²) in [6, 6.07) is 16.0. The maximum Gasteiger partial charge on any atom is 0.168 e. The number of benzene rings is 2. The van der Waals surface area contributed by atoms with Crippen LogP contribution in [0.3, 0.4) is 0 Å². The number of fused-ring (bicyclic) bond motifs is 5. The third-order valence-corrected chi connectivity index (χ3v) is 6.88. The van der Waals surface area contributed by atoms with Crippen molar-refractivity contribution in [3.63, 3.8) is 0 Å². The average molecular weight is 330 g/mol. The van der Waals surface area contributed by atoms with Gasteiger partial charge in [0.25, 0.3) is 0 Å². The summed E-state index contributed by atoms with van der Waals surface area (Å²) >= 11 is 25.8. The van der Waals surface area contributed by atoms with Gasteiger partial charge in [0.1, 0.15) is 0 Å². The topological polar surface area (TPSA) is 0 Å². The van der Waals surface area contributed by atoms with Crippen LogP contribution in [0.1, 0.15) is 11.1 Å². The van der Waals surface area contributed by atoms with Gasteiger partial charge in [0.2, 0.25) is 0 Å². The molecule has 0 aromatic heterocycles. The zero-order valence-electron chi connectivity index (χ0n) is 9.63. The third kappa shape index (κ3) is 1.09. The Bertz CT molecular complexity index is 641. The molecule has 19 heavy (non-hydrogen) atoms. The molecule has 0 amide bonds. The first kappa shape index (κ1) is 12.3. The molecule has 0 unspecified atom stereocenters. The predicted octanol–water partition coefficient (Wildman–Crippen LogP) is 5.31. The van der Waals surface area contributed by atoms with Gasteiger partial charge >= 0.3 is 0 Å². The van der Waals surface area contributed by atoms with Crippen molar-refractivity contribution < 1.29 is 0 Å². The number of hydrogen-bond acceptors (Lipinski definition) is 0. The van der Waals surface area contributed by atoms with Crippen molar-refractivity contribution in [1.29, 1.82) is 0 Å². The van der Waals surface area contributed by atoms with Gasteiger partial charge in [0, 0.05) is 0 Å². The second-order valence-corrected chi connectivity index (χ2v) is 7.64. The highest BCUT2D eigenvalue weighted by Crippen LogP contribution is 2.83. The second kappa shape index (κ2) is 3.43. The van der Waals surface area contributed by atoms with Crippen LogP contribution in [0.5, 0.6) is 0 Å². The van der Waals surface area contributed by atoms with E-state index in [0.29, 0.717) is 0 Å². The van der Waals surface area contributed by atoms with Crippen LogP contribution in [-0.4, -0.2) is 8.67 Å². The number of hydrogen-bond donors (Lipinski definition) is 0. The van der Waals surface area contributed by atoms with Gasteiger partial charge in [-0.05, 0) is 22.3 Å². The summed E-state index contributed by atoms with van der Waals surface area (Å²) in [6.45, 7) is 0. The molecule has 0 nitrogen and oxygen atoms in total. The molecule has 0 heterocycles. The normalized spacial score (nSPS) is 22.9. The van der Waals surface area contributed by atoms with E-state index in [1.54, 1.807) is 0 Å². The Labute approximate surface area is 131 Å². The molecule has 1 spiro atoms. The fraction of sp³-hybridized carbons (Fsp3) is 0.200. The standard InChI is InChI=1S/C15H8Cl4/c16-14(17)13(15(14,18)19)11-7-3-1-5-9(11)10-6-2-4-8-12(10)13/h1-8H. The minimum absolute atomic E-state index is 0.737. The van der Waals surface area contributed by atoms with Gasteiger partial charge in [0.05, 0.1) is 5.41 Å². The molecule has 2 aromatic rings. The van der Waals surface area contributed by atoms with Gasteiger partial charge in [-0.2, -0.15) is 0 Å². The molecule has 4 heteroatoms. The zero-order valence-corrected chi connectivity index (χ0v) is 12.7. The summed E-state index contributed by atoms with van der Waals surface area (Å²) in [4.78, 5) is 0. The van der Waals surface area contributed by atoms with E-state index in [0.717, 1.165) is 22.3 Å². The van der Waals surface area contributed by atoms with E-state index in [2.05, 4.69) is 12.1 Å². The van der Waals surface area contributed by atoms with Gasteiger partial charge in [0.15, 0.2) is 8.67 Å². The minimum atomic E-state index is -1.22. The molecule has 2 aromatic carbocycles. The molecule has 0 N–H and O–H groups in total. The molecule has 4 rings (SSSR count). The first-order chi connectivity index (χ1) is 8.96. The highest BCUT2D eigenvalue weighted by atomic mass is 35.5. The van der Waals surface area contributed by atoms with Crippen molar-refractivity contribution in [3.8, 4) is 11.1 Å². The van der Waals surface area contributed by atoms with E-state index in [9.17, 15) is 0 Å². The lowest BCUT2D eigenvalue weighted by atomic mass is 9.93. The van der Waals surface area contributed by atoms with E-state index < -0.39 is 14.1 Å². The summed E-state index contributed by atoms with van der Waals surface area (Å²) in [7, 11) is 0. The van der Waals surface area contributed by atoms with Crippen molar-refractivity contribution in [2.24, 2.45) is 0 Å². The van der Waals surface area contributed by atoms with Gasteiger partial charge in [-0.3, -0.25) is 0 Å². The molecule has 0 saturated heterocycles. The SMILES string of the molecule is ClC1(Cl)C(Cl)(Cl)C12c1ccccc1-c1ccccc12. The summed E-state index contributed by atoms with van der Waals surface area (Å²) in [5, 5.41) is 0. The van der Waals surface area contributed by atoms with Gasteiger partial charge < -0.3 is 0 Å². The lowest BCUT2D eigenvalue weighted by Crippen LogP contribution is -2.15. The van der Waals surface area contributed by atoms with Crippen LogP contribution in [0.15, 0.2) is 48.5 Å². The fourth-order valence-corrected chi connectivity index (χ4v) is 5.28. The molecule has 96 valence electrons. The van der Waals surface area contributed by atoms with Crippen LogP contribution in [0.4, 0.5) is 0 Å². The number of halogens is 4. The Morgan fingerprint density at radius 1 is 0.579 bits per heavy atom. The Morgan fingerprint density at radius 2 is 0.947 bits per heavy atom. The van der Waals surface area contributed by atoms with E-state index in [1.807, 2.05) is 36.4 Å². The fourth-order valence-electron chi connectivity index (χ4n) is 3.33. The minimum Gasteiger partial charge on any atom is -0.0967 e. The summed E-state index contributed by atoms with van der Waals surface area (Å²) < 4.78 is -2.43. The van der Waals surface area contributed by atoms with Crippen LogP contribution in [-0.2, 0) is 5.41 Å². The molecule has 0 radical (unpaired) electrons. The Morgan fingerprint density at radius 3 is 1.32 bits per heavy atom. The molecule has 1 saturated carbocycles. The largest absolute Gasteiger partial charge is 0.168 e. The van der Waals surface area contributed by atoms with Crippen molar-refractivity contribution in [2.75, 3.05) is 0 Å². The molecule has 0 bridgehead atoms. The molecule has 0 atom stereocenters. The van der Waals surface area contributed by atoms with Crippen LogP contribution < -0.4 is 0 Å². The van der Waals surface area contributed by atoms with Crippen LogP contribution in [0.25, 0.3) is 11.1 Å². The molecule has 2 aliphatic carbocycles. The van der Waals surface area contributed by atoms with Crippen LogP contribution >= 0.6 is 46.4 Å². The highest BCUT2D eigenvalue weighted by molar-refractivity contribution is 6.70. The molecule has 0 aliphatic heterocycles. The lowest BCUT2D eigenvalue weighted by Gasteiger charge is -2.14. The zero-order chi connectivity index (χ0) is 13.5. The maximum atomic E-state index is 6.45. The van der Waals surface area contributed by atoms with E-state index in [-0.39, 0.29) is 0 Å². The average Bonchev–Trinajstić information content (AvgIpc) is 2.68. The van der Waals surface area contributed by atoms with Crippen molar-refractivity contribution in [2.45, 2.75) is 14.1 Å². The monoisotopic (exact) mass is 328 g/mol. The summed E-state index contributed by atoms with van der Waals surface area (Å²) in [5.74, 6) is 0. The summed E-state index contributed by atoms with van der Waals surface area (Å²) in [5.41, 5.74) is 3.48. The van der Waals surface area contributed by atoms with Gasteiger partial charge in [-0.15, -0.1) is 0 Å². The summed E-state index contributed by atoms with van der Waals surface area (Å²) in [6.07, 6.45) is 0. The molecule has 2 aliphatic rings. The van der Waals surface area contributed by atoms with Crippen molar-refractivity contribution >= 4 is 46.4 Å². The van der Waals surface area contributed by atoms with Crippen LogP contribution in [0.2, 0.25) is 0 Å². The molecular formula is C15H8Cl4. The van der Waals surface area contributed by atoms with Crippen molar-refractivity contribution in [3.05, 3.63) is 59.7 Å². The highest BCUT2D eigenvalue weighted by Gasteiger charge is 2.89. The van der Waals surface area contributed by atoms with E-state index >= 15 is 0 Å². The first-order valence-electron chi connectivity index (χ1n) is 5.91. The molecule has 1 fully saturated rings. The smallest absolute Gasteiger partial charge is 0.0967 e. The number of rotatable bonds is 0. The Balaban J connectivity index is 2.16. The Hall–Kier alpha value is -0.400. The maximum absolute atomic E-state index is 6.45. The van der Waals surface area contributed by atoms with E-state index in [4.69, 9.17) is 46.4 Å². The van der Waals surface area contributed by atoms with Gasteiger partial charge in [-0.1, -0.05) is 94.9 Å². The predicted molar refractivity (Wildman–Crippen MR) is 81.5 cm³/mol. The Kier molecular flexibility index (Phi) is 2.23. The second-order valence-electron chi connectivity index (χ2n) is 4.99. The van der Waals surface area contributed by atoms with Gasteiger partial charge in [-0.25, -0.2) is 0 Å². The first-order valence-corrected chi connectivity index (χ1v) is 7.42.